The largest absolute Gasteiger partial charge is 0.481 e. The van der Waals surface area contributed by atoms with Crippen LogP contribution in [0.25, 0.3) is 10.9 Å². The second kappa shape index (κ2) is 10.00. The standard InChI is InChI=1S/C22H15BrClN3O3S/c23-18-11-16(30-22(18)31-17-8-6-15(24)7-9-17)12-26-27-20(28)13-29-19-5-1-3-14-4-2-10-25-21(14)19/h1-12H,13H2,(H,27,28). The van der Waals surface area contributed by atoms with Crippen molar-refractivity contribution in [3.05, 3.63) is 82.1 Å². The highest BCUT2D eigenvalue weighted by molar-refractivity contribution is 9.10. The van der Waals surface area contributed by atoms with Gasteiger partial charge in [0.05, 0.1) is 10.7 Å². The Kier molecular flexibility index (Phi) is 6.91. The van der Waals surface area contributed by atoms with Crippen LogP contribution in [0, 0.1) is 0 Å². The molecule has 0 spiro atoms. The van der Waals surface area contributed by atoms with Crippen molar-refractivity contribution in [1.29, 1.82) is 0 Å². The lowest BCUT2D eigenvalue weighted by Gasteiger charge is -2.07. The molecule has 1 N–H and O–H groups in total. The van der Waals surface area contributed by atoms with E-state index in [9.17, 15) is 4.79 Å². The minimum absolute atomic E-state index is 0.188. The van der Waals surface area contributed by atoms with E-state index in [4.69, 9.17) is 20.8 Å². The molecule has 2 aromatic carbocycles. The maximum absolute atomic E-state index is 12.1. The van der Waals surface area contributed by atoms with Crippen molar-refractivity contribution >= 4 is 62.3 Å². The van der Waals surface area contributed by atoms with Crippen LogP contribution in [-0.2, 0) is 4.79 Å². The predicted molar refractivity (Wildman–Crippen MR) is 125 cm³/mol. The normalized spacial score (nSPS) is 11.2. The number of carbonyl (C=O) groups excluding carboxylic acids is 1. The fraction of sp³-hybridized carbons (Fsp3) is 0.0455. The minimum Gasteiger partial charge on any atom is -0.481 e. The van der Waals surface area contributed by atoms with Crippen molar-refractivity contribution in [3.63, 3.8) is 0 Å². The molecule has 0 aliphatic rings. The average Bonchev–Trinajstić information content (AvgIpc) is 3.12. The van der Waals surface area contributed by atoms with Gasteiger partial charge in [-0.25, -0.2) is 5.43 Å². The molecule has 0 bridgehead atoms. The first-order valence-corrected chi connectivity index (χ1v) is 11.1. The molecule has 2 aromatic heterocycles. The molecular formula is C22H15BrClN3O3S. The first-order valence-electron chi connectivity index (χ1n) is 9.10. The van der Waals surface area contributed by atoms with Crippen molar-refractivity contribution in [3.8, 4) is 5.75 Å². The third-order valence-corrected chi connectivity index (χ3v) is 6.13. The van der Waals surface area contributed by atoms with Crippen molar-refractivity contribution < 1.29 is 13.9 Å². The molecule has 0 fully saturated rings. The highest BCUT2D eigenvalue weighted by Gasteiger charge is 2.10. The second-order valence-electron chi connectivity index (χ2n) is 6.25. The van der Waals surface area contributed by atoms with Gasteiger partial charge in [0.25, 0.3) is 5.91 Å². The molecule has 4 aromatic rings. The van der Waals surface area contributed by atoms with E-state index in [1.807, 2.05) is 48.5 Å². The molecule has 4 rings (SSSR count). The van der Waals surface area contributed by atoms with Gasteiger partial charge in [-0.1, -0.05) is 41.6 Å². The summed E-state index contributed by atoms with van der Waals surface area (Å²) in [5.41, 5.74) is 3.12. The van der Waals surface area contributed by atoms with E-state index >= 15 is 0 Å². The number of rotatable bonds is 7. The van der Waals surface area contributed by atoms with Gasteiger partial charge in [-0.05, 0) is 52.3 Å². The maximum Gasteiger partial charge on any atom is 0.277 e. The zero-order valence-electron chi connectivity index (χ0n) is 15.9. The summed E-state index contributed by atoms with van der Waals surface area (Å²) in [6, 6.07) is 18.5. The van der Waals surface area contributed by atoms with Crippen molar-refractivity contribution in [2.45, 2.75) is 9.99 Å². The van der Waals surface area contributed by atoms with Gasteiger partial charge in [0.1, 0.15) is 17.0 Å². The summed E-state index contributed by atoms with van der Waals surface area (Å²) in [6.45, 7) is -0.188. The fourth-order valence-corrected chi connectivity index (χ4v) is 4.10. The molecule has 0 aliphatic heterocycles. The predicted octanol–water partition coefficient (Wildman–Crippen LogP) is 5.92. The molecule has 0 saturated carbocycles. The quantitative estimate of drug-likeness (QED) is 0.244. The van der Waals surface area contributed by atoms with Crippen LogP contribution >= 0.6 is 39.3 Å². The average molecular weight is 517 g/mol. The van der Waals surface area contributed by atoms with Crippen molar-refractivity contribution in [1.82, 2.24) is 10.4 Å². The molecule has 9 heteroatoms. The fourth-order valence-electron chi connectivity index (χ4n) is 2.65. The minimum atomic E-state index is -0.398. The number of hydrogen-bond donors (Lipinski definition) is 1. The number of ether oxygens (including phenoxy) is 1. The lowest BCUT2D eigenvalue weighted by molar-refractivity contribution is -0.123. The molecule has 1 amide bonds. The van der Waals surface area contributed by atoms with Gasteiger partial charge >= 0.3 is 0 Å². The topological polar surface area (TPSA) is 76.7 Å². The van der Waals surface area contributed by atoms with Crippen LogP contribution in [0.1, 0.15) is 5.76 Å². The summed E-state index contributed by atoms with van der Waals surface area (Å²) in [7, 11) is 0. The Morgan fingerprint density at radius 3 is 2.87 bits per heavy atom. The Hall–Kier alpha value is -2.81. The third-order valence-electron chi connectivity index (χ3n) is 4.03. The van der Waals surface area contributed by atoms with E-state index < -0.39 is 5.91 Å². The summed E-state index contributed by atoms with van der Waals surface area (Å²) in [5.74, 6) is 0.629. The molecule has 0 aliphatic carbocycles. The van der Waals surface area contributed by atoms with E-state index in [1.165, 1.54) is 18.0 Å². The van der Waals surface area contributed by atoms with Crippen LogP contribution in [0.3, 0.4) is 0 Å². The zero-order chi connectivity index (χ0) is 21.6. The van der Waals surface area contributed by atoms with Gasteiger partial charge in [0.15, 0.2) is 11.7 Å². The number of aromatic nitrogens is 1. The SMILES string of the molecule is O=C(COc1cccc2cccnc12)NN=Cc1cc(Br)c(Sc2ccc(Cl)cc2)o1. The number of amides is 1. The van der Waals surface area contributed by atoms with E-state index in [-0.39, 0.29) is 6.61 Å². The van der Waals surface area contributed by atoms with Crippen LogP contribution in [0.15, 0.2) is 90.8 Å². The van der Waals surface area contributed by atoms with Crippen molar-refractivity contribution in [2.24, 2.45) is 5.10 Å². The van der Waals surface area contributed by atoms with E-state index in [1.54, 1.807) is 18.3 Å². The Morgan fingerprint density at radius 2 is 2.03 bits per heavy atom. The summed E-state index contributed by atoms with van der Waals surface area (Å²) in [5, 5.41) is 6.21. The number of hydrazone groups is 1. The molecule has 0 atom stereocenters. The van der Waals surface area contributed by atoms with Gasteiger partial charge in [-0.15, -0.1) is 0 Å². The van der Waals surface area contributed by atoms with Crippen LogP contribution in [-0.4, -0.2) is 23.7 Å². The van der Waals surface area contributed by atoms with E-state index in [0.717, 1.165) is 14.8 Å². The second-order valence-corrected chi connectivity index (χ2v) is 8.59. The zero-order valence-corrected chi connectivity index (χ0v) is 19.1. The Labute approximate surface area is 195 Å². The molecule has 31 heavy (non-hydrogen) atoms. The molecule has 2 heterocycles. The van der Waals surface area contributed by atoms with E-state index in [0.29, 0.717) is 27.1 Å². The van der Waals surface area contributed by atoms with E-state index in [2.05, 4.69) is 31.4 Å². The number of pyridine rings is 1. The summed E-state index contributed by atoms with van der Waals surface area (Å²) in [4.78, 5) is 17.3. The number of para-hydroxylation sites is 1. The summed E-state index contributed by atoms with van der Waals surface area (Å²) in [6.07, 6.45) is 3.11. The number of nitrogens with zero attached hydrogens (tertiary/aromatic N) is 2. The van der Waals surface area contributed by atoms with Gasteiger partial charge in [-0.2, -0.15) is 5.10 Å². The molecular weight excluding hydrogens is 502 g/mol. The van der Waals surface area contributed by atoms with Crippen LogP contribution < -0.4 is 10.2 Å². The van der Waals surface area contributed by atoms with Crippen molar-refractivity contribution in [2.75, 3.05) is 6.61 Å². The lowest BCUT2D eigenvalue weighted by atomic mass is 10.2. The van der Waals surface area contributed by atoms with Crippen LogP contribution in [0.5, 0.6) is 5.75 Å². The Morgan fingerprint density at radius 1 is 1.23 bits per heavy atom. The van der Waals surface area contributed by atoms with Crippen LogP contribution in [0.4, 0.5) is 0 Å². The Balaban J connectivity index is 1.32. The number of furan rings is 1. The first-order chi connectivity index (χ1) is 15.1. The van der Waals surface area contributed by atoms with Gasteiger partial charge in [-0.3, -0.25) is 9.78 Å². The van der Waals surface area contributed by atoms with Crippen LogP contribution in [0.2, 0.25) is 5.02 Å². The molecule has 0 saturated heterocycles. The number of benzene rings is 2. The number of hydrogen-bond acceptors (Lipinski definition) is 6. The number of carbonyl (C=O) groups is 1. The van der Waals surface area contributed by atoms with Gasteiger partial charge < -0.3 is 9.15 Å². The van der Waals surface area contributed by atoms with Gasteiger partial charge in [0, 0.05) is 27.6 Å². The maximum atomic E-state index is 12.1. The number of nitrogens with one attached hydrogen (secondary N) is 1. The monoisotopic (exact) mass is 515 g/mol. The molecule has 6 nitrogen and oxygen atoms in total. The molecule has 0 unspecified atom stereocenters. The highest BCUT2D eigenvalue weighted by atomic mass is 79.9. The Bertz CT molecular complexity index is 1240. The first kappa shape index (κ1) is 21.4. The summed E-state index contributed by atoms with van der Waals surface area (Å²) < 4.78 is 12.1. The smallest absolute Gasteiger partial charge is 0.277 e. The number of fused-ring (bicyclic) bond motifs is 1. The lowest BCUT2D eigenvalue weighted by Crippen LogP contribution is -2.24. The highest BCUT2D eigenvalue weighted by Crippen LogP contribution is 2.35. The van der Waals surface area contributed by atoms with Gasteiger partial charge in [0.2, 0.25) is 0 Å². The molecule has 0 radical (unpaired) electrons. The third kappa shape index (κ3) is 5.66. The number of halogens is 2. The molecule has 156 valence electrons. The summed E-state index contributed by atoms with van der Waals surface area (Å²) >= 11 is 10.8.